The third-order valence-corrected chi connectivity index (χ3v) is 4.95. The standard InChI is InChI=1S/C21H22N4O2/c1-14-15(2)25(12-17-9-6-10-27-17)21-19(14)20(23-13-24-21)22-11-18(26)16-7-4-3-5-8-16/h3-10,13,18,26H,11-12H2,1-2H3,(H,22,23,24). The van der Waals surface area contributed by atoms with E-state index in [1.807, 2.05) is 42.5 Å². The van der Waals surface area contributed by atoms with Crippen molar-refractivity contribution in [2.24, 2.45) is 0 Å². The van der Waals surface area contributed by atoms with Crippen LogP contribution in [-0.4, -0.2) is 26.2 Å². The maximum Gasteiger partial charge on any atom is 0.146 e. The van der Waals surface area contributed by atoms with Gasteiger partial charge in [0.2, 0.25) is 0 Å². The average molecular weight is 362 g/mol. The zero-order valence-corrected chi connectivity index (χ0v) is 15.4. The van der Waals surface area contributed by atoms with Crippen molar-refractivity contribution in [3.63, 3.8) is 0 Å². The summed E-state index contributed by atoms with van der Waals surface area (Å²) in [5.74, 6) is 1.61. The van der Waals surface area contributed by atoms with Gasteiger partial charge >= 0.3 is 0 Å². The molecule has 27 heavy (non-hydrogen) atoms. The lowest BCUT2D eigenvalue weighted by Crippen LogP contribution is -2.13. The van der Waals surface area contributed by atoms with Crippen LogP contribution in [-0.2, 0) is 6.54 Å². The number of fused-ring (bicyclic) bond motifs is 1. The highest BCUT2D eigenvalue weighted by Crippen LogP contribution is 2.29. The van der Waals surface area contributed by atoms with Crippen LogP contribution in [0.5, 0.6) is 0 Å². The van der Waals surface area contributed by atoms with E-state index < -0.39 is 6.10 Å². The number of hydrogen-bond acceptors (Lipinski definition) is 5. The molecular weight excluding hydrogens is 340 g/mol. The SMILES string of the molecule is Cc1c(C)n(Cc2ccco2)c2ncnc(NCC(O)c3ccccc3)c12. The van der Waals surface area contributed by atoms with E-state index in [1.165, 1.54) is 0 Å². The maximum atomic E-state index is 10.4. The van der Waals surface area contributed by atoms with Gasteiger partial charge in [-0.3, -0.25) is 0 Å². The van der Waals surface area contributed by atoms with Gasteiger partial charge < -0.3 is 19.4 Å². The number of aliphatic hydroxyl groups is 1. The molecule has 4 aromatic rings. The van der Waals surface area contributed by atoms with Gasteiger partial charge in [0.1, 0.15) is 23.6 Å². The number of anilines is 1. The Morgan fingerprint density at radius 1 is 1.11 bits per heavy atom. The zero-order chi connectivity index (χ0) is 18.8. The molecule has 0 aliphatic heterocycles. The van der Waals surface area contributed by atoms with Crippen LogP contribution in [0.25, 0.3) is 11.0 Å². The van der Waals surface area contributed by atoms with Gasteiger partial charge in [-0.15, -0.1) is 0 Å². The summed E-state index contributed by atoms with van der Waals surface area (Å²) >= 11 is 0. The van der Waals surface area contributed by atoms with Crippen LogP contribution in [0.15, 0.2) is 59.5 Å². The molecule has 0 saturated heterocycles. The predicted octanol–water partition coefficient (Wildman–Crippen LogP) is 3.83. The Bertz CT molecular complexity index is 1040. The molecule has 0 radical (unpaired) electrons. The number of benzene rings is 1. The van der Waals surface area contributed by atoms with Crippen molar-refractivity contribution in [1.82, 2.24) is 14.5 Å². The van der Waals surface area contributed by atoms with Crippen molar-refractivity contribution >= 4 is 16.9 Å². The fraction of sp³-hybridized carbons (Fsp3) is 0.238. The minimum Gasteiger partial charge on any atom is -0.467 e. The summed E-state index contributed by atoms with van der Waals surface area (Å²) in [5, 5.41) is 14.7. The molecule has 0 aliphatic carbocycles. The Labute approximate surface area is 157 Å². The van der Waals surface area contributed by atoms with Gasteiger partial charge in [-0.1, -0.05) is 30.3 Å². The Balaban J connectivity index is 1.64. The third-order valence-electron chi connectivity index (χ3n) is 4.95. The zero-order valence-electron chi connectivity index (χ0n) is 15.4. The molecule has 3 aromatic heterocycles. The summed E-state index contributed by atoms with van der Waals surface area (Å²) in [4.78, 5) is 8.91. The van der Waals surface area contributed by atoms with Crippen LogP contribution in [0, 0.1) is 13.8 Å². The van der Waals surface area contributed by atoms with E-state index in [1.54, 1.807) is 12.6 Å². The third kappa shape index (κ3) is 3.31. The molecule has 138 valence electrons. The van der Waals surface area contributed by atoms with Crippen LogP contribution in [0.3, 0.4) is 0 Å². The summed E-state index contributed by atoms with van der Waals surface area (Å²) in [6, 6.07) is 13.4. The molecular formula is C21H22N4O2. The monoisotopic (exact) mass is 362 g/mol. The number of furan rings is 1. The summed E-state index contributed by atoms with van der Waals surface area (Å²) in [5.41, 5.74) is 3.97. The first-order valence-electron chi connectivity index (χ1n) is 8.95. The summed E-state index contributed by atoms with van der Waals surface area (Å²) < 4.78 is 7.62. The van der Waals surface area contributed by atoms with Crippen molar-refractivity contribution in [3.8, 4) is 0 Å². The summed E-state index contributed by atoms with van der Waals surface area (Å²) in [7, 11) is 0. The van der Waals surface area contributed by atoms with Crippen molar-refractivity contribution in [2.75, 3.05) is 11.9 Å². The predicted molar refractivity (Wildman–Crippen MR) is 105 cm³/mol. The molecule has 0 amide bonds. The van der Waals surface area contributed by atoms with Crippen molar-refractivity contribution < 1.29 is 9.52 Å². The summed E-state index contributed by atoms with van der Waals surface area (Å²) in [6.45, 7) is 5.13. The fourth-order valence-electron chi connectivity index (χ4n) is 3.34. The van der Waals surface area contributed by atoms with Crippen LogP contribution >= 0.6 is 0 Å². The number of aryl methyl sites for hydroxylation is 1. The van der Waals surface area contributed by atoms with E-state index in [0.29, 0.717) is 13.1 Å². The molecule has 1 unspecified atom stereocenters. The number of nitrogens with one attached hydrogen (secondary N) is 1. The van der Waals surface area contributed by atoms with E-state index in [0.717, 1.165) is 39.4 Å². The highest BCUT2D eigenvalue weighted by molar-refractivity contribution is 5.91. The average Bonchev–Trinajstić information content (AvgIpc) is 3.30. The number of nitrogens with zero attached hydrogens (tertiary/aromatic N) is 3. The number of rotatable bonds is 6. The van der Waals surface area contributed by atoms with Gasteiger partial charge in [0.05, 0.1) is 24.3 Å². The Morgan fingerprint density at radius 2 is 1.93 bits per heavy atom. The largest absolute Gasteiger partial charge is 0.467 e. The molecule has 1 aromatic carbocycles. The Morgan fingerprint density at radius 3 is 2.67 bits per heavy atom. The van der Waals surface area contributed by atoms with Gasteiger partial charge in [-0.2, -0.15) is 0 Å². The second-order valence-corrected chi connectivity index (χ2v) is 6.60. The summed E-state index contributed by atoms with van der Waals surface area (Å²) in [6.07, 6.45) is 2.62. The van der Waals surface area contributed by atoms with Gasteiger partial charge in [0.15, 0.2) is 0 Å². The van der Waals surface area contributed by atoms with Crippen LogP contribution < -0.4 is 5.32 Å². The van der Waals surface area contributed by atoms with E-state index in [4.69, 9.17) is 4.42 Å². The molecule has 6 nitrogen and oxygen atoms in total. The molecule has 1 atom stereocenters. The minimum absolute atomic E-state index is 0.373. The Hall–Kier alpha value is -3.12. The maximum absolute atomic E-state index is 10.4. The second-order valence-electron chi connectivity index (χ2n) is 6.60. The molecule has 6 heteroatoms. The van der Waals surface area contributed by atoms with Gasteiger partial charge in [0, 0.05) is 12.2 Å². The topological polar surface area (TPSA) is 76.1 Å². The normalized spacial score (nSPS) is 12.4. The molecule has 0 saturated carbocycles. The van der Waals surface area contributed by atoms with Gasteiger partial charge in [-0.25, -0.2) is 9.97 Å². The van der Waals surface area contributed by atoms with Crippen molar-refractivity contribution in [2.45, 2.75) is 26.5 Å². The Kier molecular flexibility index (Phi) is 4.64. The van der Waals surface area contributed by atoms with E-state index in [9.17, 15) is 5.11 Å². The number of hydrogen-bond donors (Lipinski definition) is 2. The van der Waals surface area contributed by atoms with Gasteiger partial charge in [0.25, 0.3) is 0 Å². The van der Waals surface area contributed by atoms with E-state index in [2.05, 4.69) is 33.7 Å². The quantitative estimate of drug-likeness (QED) is 0.545. The minimum atomic E-state index is -0.608. The van der Waals surface area contributed by atoms with E-state index in [-0.39, 0.29) is 0 Å². The fourth-order valence-corrected chi connectivity index (χ4v) is 3.34. The highest BCUT2D eigenvalue weighted by atomic mass is 16.3. The molecule has 0 aliphatic rings. The van der Waals surface area contributed by atoms with Crippen LogP contribution in [0.1, 0.15) is 28.7 Å². The lowest BCUT2D eigenvalue weighted by atomic mass is 10.1. The number of aromatic nitrogens is 3. The van der Waals surface area contributed by atoms with Crippen molar-refractivity contribution in [1.29, 1.82) is 0 Å². The highest BCUT2D eigenvalue weighted by Gasteiger charge is 2.18. The molecule has 0 spiro atoms. The first-order chi connectivity index (χ1) is 13.1. The van der Waals surface area contributed by atoms with Crippen LogP contribution in [0.2, 0.25) is 0 Å². The first-order valence-corrected chi connectivity index (χ1v) is 8.95. The second kappa shape index (κ2) is 7.25. The lowest BCUT2D eigenvalue weighted by molar-refractivity contribution is 0.191. The van der Waals surface area contributed by atoms with Crippen LogP contribution in [0.4, 0.5) is 5.82 Å². The molecule has 4 rings (SSSR count). The van der Waals surface area contributed by atoms with E-state index >= 15 is 0 Å². The number of aliphatic hydroxyl groups excluding tert-OH is 1. The van der Waals surface area contributed by atoms with Crippen molar-refractivity contribution in [3.05, 3.63) is 77.6 Å². The molecule has 0 fully saturated rings. The first kappa shape index (κ1) is 17.3. The smallest absolute Gasteiger partial charge is 0.146 e. The molecule has 3 heterocycles. The lowest BCUT2D eigenvalue weighted by Gasteiger charge is -2.13. The molecule has 0 bridgehead atoms. The molecule has 2 N–H and O–H groups in total. The van der Waals surface area contributed by atoms with Gasteiger partial charge in [-0.05, 0) is 37.1 Å².